The van der Waals surface area contributed by atoms with Crippen molar-refractivity contribution in [1.82, 2.24) is 14.8 Å². The van der Waals surface area contributed by atoms with Crippen LogP contribution in [0.1, 0.15) is 36.2 Å². The number of benzene rings is 2. The Bertz CT molecular complexity index is 1290. The van der Waals surface area contributed by atoms with E-state index in [-0.39, 0.29) is 29.4 Å². The SMILES string of the molecule is CC1Cc2c([nH]c3c(F)cccc23)C(c2c(F)cc(NC3CN(CCCF)C3)cc2F)N1CC(F)(F)CO. The molecular formula is C27H30F6N4O. The third-order valence-electron chi connectivity index (χ3n) is 7.53. The number of fused-ring (bicyclic) bond motifs is 3. The van der Waals surface area contributed by atoms with Crippen LogP contribution in [-0.4, -0.2) is 77.4 Å². The highest BCUT2D eigenvalue weighted by molar-refractivity contribution is 5.86. The molecule has 0 spiro atoms. The van der Waals surface area contributed by atoms with Crippen LogP contribution in [0.2, 0.25) is 0 Å². The summed E-state index contributed by atoms with van der Waals surface area (Å²) in [4.78, 5) is 6.21. The van der Waals surface area contributed by atoms with E-state index >= 15 is 8.78 Å². The number of aliphatic hydroxyl groups is 1. The van der Waals surface area contributed by atoms with Gasteiger partial charge in [-0.2, -0.15) is 0 Å². The van der Waals surface area contributed by atoms with Gasteiger partial charge in [-0.25, -0.2) is 22.0 Å². The number of hydrogen-bond donors (Lipinski definition) is 3. The number of aromatic nitrogens is 1. The Kier molecular flexibility index (Phi) is 7.36. The van der Waals surface area contributed by atoms with Crippen molar-refractivity contribution in [3.05, 3.63) is 64.6 Å². The third kappa shape index (κ3) is 4.99. The minimum Gasteiger partial charge on any atom is -0.390 e. The van der Waals surface area contributed by atoms with Crippen LogP contribution >= 0.6 is 0 Å². The summed E-state index contributed by atoms with van der Waals surface area (Å²) >= 11 is 0. The fraction of sp³-hybridized carbons (Fsp3) is 0.481. The van der Waals surface area contributed by atoms with Crippen LogP contribution in [0.5, 0.6) is 0 Å². The molecule has 3 heterocycles. The lowest BCUT2D eigenvalue weighted by molar-refractivity contribution is -0.0869. The average Bonchev–Trinajstić information content (AvgIpc) is 3.21. The molecular weight excluding hydrogens is 510 g/mol. The van der Waals surface area contributed by atoms with Crippen molar-refractivity contribution in [3.63, 3.8) is 0 Å². The zero-order chi connectivity index (χ0) is 27.2. The Hall–Kier alpha value is -2.76. The van der Waals surface area contributed by atoms with Gasteiger partial charge < -0.3 is 15.4 Å². The zero-order valence-electron chi connectivity index (χ0n) is 20.9. The number of likely N-dealkylation sites (tertiary alicyclic amines) is 1. The Labute approximate surface area is 216 Å². The summed E-state index contributed by atoms with van der Waals surface area (Å²) in [5.74, 6) is -5.93. The van der Waals surface area contributed by atoms with E-state index in [1.54, 1.807) is 13.0 Å². The maximum atomic E-state index is 15.7. The zero-order valence-corrected chi connectivity index (χ0v) is 20.9. The van der Waals surface area contributed by atoms with Crippen molar-refractivity contribution in [1.29, 1.82) is 0 Å². The van der Waals surface area contributed by atoms with Crippen LogP contribution in [0.25, 0.3) is 10.9 Å². The standard InChI is InChI=1S/C27H30F6N4O/c1-15-8-19-18-4-2-5-20(29)24(18)35-25(19)26(37(15)13-27(32,33)14-38)23-21(30)9-16(10-22(23)31)34-17-11-36(12-17)7-3-6-28/h2,4-5,9-10,15,17,26,34-35,38H,3,6-8,11-14H2,1H3. The van der Waals surface area contributed by atoms with Gasteiger partial charge in [0.1, 0.15) is 24.1 Å². The first-order valence-electron chi connectivity index (χ1n) is 12.7. The van der Waals surface area contributed by atoms with Crippen LogP contribution in [0.15, 0.2) is 30.3 Å². The first kappa shape index (κ1) is 26.8. The molecule has 2 aromatic carbocycles. The second-order valence-corrected chi connectivity index (χ2v) is 10.3. The van der Waals surface area contributed by atoms with Gasteiger partial charge in [-0.1, -0.05) is 12.1 Å². The monoisotopic (exact) mass is 540 g/mol. The highest BCUT2D eigenvalue weighted by atomic mass is 19.3. The smallest absolute Gasteiger partial charge is 0.283 e. The molecule has 11 heteroatoms. The number of anilines is 1. The second-order valence-electron chi connectivity index (χ2n) is 10.3. The topological polar surface area (TPSA) is 54.5 Å². The normalized spacial score (nSPS) is 21.1. The number of rotatable bonds is 9. The number of halogens is 6. The number of para-hydroxylation sites is 1. The van der Waals surface area contributed by atoms with Crippen LogP contribution < -0.4 is 5.32 Å². The number of alkyl halides is 3. The van der Waals surface area contributed by atoms with Crippen molar-refractivity contribution in [2.75, 3.05) is 44.8 Å². The molecule has 0 amide bonds. The Morgan fingerprint density at radius 2 is 1.82 bits per heavy atom. The van der Waals surface area contributed by atoms with E-state index in [0.717, 1.165) is 12.1 Å². The average molecular weight is 541 g/mol. The molecule has 3 N–H and O–H groups in total. The first-order chi connectivity index (χ1) is 18.1. The quantitative estimate of drug-likeness (QED) is 0.335. The van der Waals surface area contributed by atoms with Crippen molar-refractivity contribution in [3.8, 4) is 0 Å². The van der Waals surface area contributed by atoms with Crippen molar-refractivity contribution in [2.24, 2.45) is 0 Å². The van der Waals surface area contributed by atoms with E-state index in [1.165, 1.54) is 17.0 Å². The van der Waals surface area contributed by atoms with Crippen molar-refractivity contribution in [2.45, 2.75) is 43.8 Å². The lowest BCUT2D eigenvalue weighted by Gasteiger charge is -2.42. The van der Waals surface area contributed by atoms with E-state index in [1.807, 2.05) is 4.90 Å². The van der Waals surface area contributed by atoms with E-state index in [0.29, 0.717) is 37.0 Å². The number of aliphatic hydroxyl groups excluding tert-OH is 1. The maximum absolute atomic E-state index is 15.7. The molecule has 0 aliphatic carbocycles. The van der Waals surface area contributed by atoms with Gasteiger partial charge in [0.05, 0.1) is 30.8 Å². The van der Waals surface area contributed by atoms with E-state index in [4.69, 9.17) is 0 Å². The molecule has 0 radical (unpaired) electrons. The van der Waals surface area contributed by atoms with Gasteiger partial charge in [0.15, 0.2) is 0 Å². The van der Waals surface area contributed by atoms with Gasteiger partial charge in [-0.05, 0) is 43.5 Å². The van der Waals surface area contributed by atoms with Crippen LogP contribution in [-0.2, 0) is 6.42 Å². The second kappa shape index (κ2) is 10.4. The third-order valence-corrected chi connectivity index (χ3v) is 7.53. The fourth-order valence-corrected chi connectivity index (χ4v) is 5.71. The molecule has 0 saturated carbocycles. The van der Waals surface area contributed by atoms with Crippen LogP contribution in [0.3, 0.4) is 0 Å². The molecule has 2 unspecified atom stereocenters. The molecule has 38 heavy (non-hydrogen) atoms. The van der Waals surface area contributed by atoms with Gasteiger partial charge in [0.2, 0.25) is 0 Å². The molecule has 2 atom stereocenters. The predicted molar refractivity (Wildman–Crippen MR) is 133 cm³/mol. The van der Waals surface area contributed by atoms with Gasteiger partial charge in [-0.3, -0.25) is 14.2 Å². The summed E-state index contributed by atoms with van der Waals surface area (Å²) in [6, 6.07) is 4.78. The molecule has 206 valence electrons. The minimum absolute atomic E-state index is 0.0583. The Morgan fingerprint density at radius 1 is 1.11 bits per heavy atom. The maximum Gasteiger partial charge on any atom is 0.283 e. The molecule has 1 fully saturated rings. The number of nitrogens with zero attached hydrogens (tertiary/aromatic N) is 2. The number of H-pyrrole nitrogens is 1. The number of nitrogens with one attached hydrogen (secondary N) is 2. The molecule has 5 nitrogen and oxygen atoms in total. The largest absolute Gasteiger partial charge is 0.390 e. The predicted octanol–water partition coefficient (Wildman–Crippen LogP) is 5.00. The molecule has 2 aliphatic rings. The summed E-state index contributed by atoms with van der Waals surface area (Å²) in [6.07, 6.45) is 0.677. The molecule has 0 bridgehead atoms. The number of aromatic amines is 1. The molecule has 3 aromatic rings. The van der Waals surface area contributed by atoms with Crippen LogP contribution in [0, 0.1) is 17.5 Å². The lowest BCUT2D eigenvalue weighted by Crippen LogP contribution is -2.54. The van der Waals surface area contributed by atoms with Gasteiger partial charge >= 0.3 is 0 Å². The summed E-state index contributed by atoms with van der Waals surface area (Å²) in [6.45, 7) is 0.726. The number of hydrogen-bond acceptors (Lipinski definition) is 4. The Morgan fingerprint density at radius 3 is 2.47 bits per heavy atom. The molecule has 2 aliphatic heterocycles. The molecule has 1 saturated heterocycles. The first-order valence-corrected chi connectivity index (χ1v) is 12.7. The lowest BCUT2D eigenvalue weighted by atomic mass is 9.87. The Balaban J connectivity index is 1.52. The van der Waals surface area contributed by atoms with E-state index in [2.05, 4.69) is 10.3 Å². The van der Waals surface area contributed by atoms with E-state index in [9.17, 15) is 22.7 Å². The summed E-state index contributed by atoms with van der Waals surface area (Å²) in [5.41, 5.74) is 0.786. The van der Waals surface area contributed by atoms with Gasteiger partial charge in [-0.15, -0.1) is 0 Å². The van der Waals surface area contributed by atoms with Gasteiger partial charge in [0.25, 0.3) is 5.92 Å². The van der Waals surface area contributed by atoms with Crippen molar-refractivity contribution < 1.29 is 31.4 Å². The fourth-order valence-electron chi connectivity index (χ4n) is 5.71. The minimum atomic E-state index is -3.52. The highest BCUT2D eigenvalue weighted by Crippen LogP contribution is 2.44. The van der Waals surface area contributed by atoms with Gasteiger partial charge in [0, 0.05) is 48.0 Å². The molecule has 1 aromatic heterocycles. The summed E-state index contributed by atoms with van der Waals surface area (Å²) in [5, 5.41) is 12.8. The summed E-state index contributed by atoms with van der Waals surface area (Å²) < 4.78 is 87.2. The van der Waals surface area contributed by atoms with E-state index < -0.39 is 60.8 Å². The molecule has 5 rings (SSSR count). The van der Waals surface area contributed by atoms with Crippen LogP contribution in [0.4, 0.5) is 32.0 Å². The highest BCUT2D eigenvalue weighted by Gasteiger charge is 2.43. The van der Waals surface area contributed by atoms with Crippen molar-refractivity contribution >= 4 is 16.6 Å². The summed E-state index contributed by atoms with van der Waals surface area (Å²) in [7, 11) is 0.